The summed E-state index contributed by atoms with van der Waals surface area (Å²) in [5.74, 6) is 0.125. The lowest BCUT2D eigenvalue weighted by molar-refractivity contribution is 0.101. The number of ketones is 2. The number of Topliss-reactive ketones (excluding diaryl/α,β-unsaturated/α-hetero) is 2. The Morgan fingerprint density at radius 3 is 1.74 bits per heavy atom. The van der Waals surface area contributed by atoms with E-state index in [4.69, 9.17) is 0 Å². The number of pyridine rings is 2. The summed E-state index contributed by atoms with van der Waals surface area (Å²) in [5, 5.41) is 2.23. The quantitative estimate of drug-likeness (QED) is 0.412. The predicted octanol–water partition coefficient (Wildman–Crippen LogP) is 4.39. The molecule has 2 rings (SSSR count). The minimum Gasteiger partial charge on any atom is -0.294 e. The van der Waals surface area contributed by atoms with Crippen molar-refractivity contribution in [2.24, 2.45) is 0 Å². The Morgan fingerprint density at radius 1 is 0.957 bits per heavy atom. The molecule has 0 N–H and O–H groups in total. The first-order valence-electron chi connectivity index (χ1n) is 6.62. The molecule has 0 bridgehead atoms. The van der Waals surface area contributed by atoms with Crippen LogP contribution in [-0.4, -0.2) is 39.4 Å². The van der Waals surface area contributed by atoms with Gasteiger partial charge in [-0.1, -0.05) is 15.9 Å². The van der Waals surface area contributed by atoms with Gasteiger partial charge in [0.05, 0.1) is 15.4 Å². The van der Waals surface area contributed by atoms with E-state index >= 15 is 0 Å². The highest BCUT2D eigenvalue weighted by atomic mass is 79.9. The molecule has 0 spiro atoms. The summed E-state index contributed by atoms with van der Waals surface area (Å²) in [6.07, 6.45) is 7.12. The Morgan fingerprint density at radius 2 is 1.43 bits per heavy atom. The molecule has 0 aliphatic rings. The second kappa shape index (κ2) is 10.6. The fourth-order valence-electron chi connectivity index (χ4n) is 1.45. The van der Waals surface area contributed by atoms with Crippen molar-refractivity contribution in [3.8, 4) is 0 Å². The standard InChI is InChI=1S/C8H8BrNOS.C8H9NOS/c1-12-8-3-2-6(5-10-8)7(11)4-9;1-6(10)7-3-4-8(11-2)9-5-7/h2-3,5H,4H2,1H3;3-5H,1-2H3. The average molecular weight is 413 g/mol. The average Bonchev–Trinajstić information content (AvgIpc) is 2.61. The first-order valence-corrected chi connectivity index (χ1v) is 10.2. The molecule has 7 heteroatoms. The third-order valence-electron chi connectivity index (χ3n) is 2.74. The van der Waals surface area contributed by atoms with Crippen LogP contribution in [-0.2, 0) is 0 Å². The Bertz CT molecular complexity index is 646. The number of carbonyl (C=O) groups is 2. The maximum atomic E-state index is 11.1. The van der Waals surface area contributed by atoms with Gasteiger partial charge in [-0.2, -0.15) is 0 Å². The second-order valence-electron chi connectivity index (χ2n) is 4.29. The van der Waals surface area contributed by atoms with E-state index in [-0.39, 0.29) is 11.6 Å². The number of carbonyl (C=O) groups excluding carboxylic acids is 2. The molecular weight excluding hydrogens is 396 g/mol. The van der Waals surface area contributed by atoms with Crippen molar-refractivity contribution in [1.82, 2.24) is 9.97 Å². The van der Waals surface area contributed by atoms with Crippen molar-refractivity contribution in [3.05, 3.63) is 47.8 Å². The molecule has 4 nitrogen and oxygen atoms in total. The molecule has 0 amide bonds. The van der Waals surface area contributed by atoms with Gasteiger partial charge >= 0.3 is 0 Å². The van der Waals surface area contributed by atoms with Crippen LogP contribution in [0.15, 0.2) is 46.7 Å². The molecule has 0 radical (unpaired) electrons. The summed E-state index contributed by atoms with van der Waals surface area (Å²) in [6.45, 7) is 1.54. The maximum Gasteiger partial charge on any atom is 0.174 e. The maximum absolute atomic E-state index is 11.1. The Kier molecular flexibility index (Phi) is 9.13. The zero-order chi connectivity index (χ0) is 17.2. The zero-order valence-electron chi connectivity index (χ0n) is 13.1. The van der Waals surface area contributed by atoms with Crippen LogP contribution in [0.5, 0.6) is 0 Å². The second-order valence-corrected chi connectivity index (χ2v) is 6.51. The van der Waals surface area contributed by atoms with Gasteiger partial charge in [-0.05, 0) is 43.7 Å². The first kappa shape index (κ1) is 19.9. The molecule has 122 valence electrons. The number of nitrogens with zero attached hydrogens (tertiary/aromatic N) is 2. The molecule has 0 unspecified atom stereocenters. The smallest absolute Gasteiger partial charge is 0.174 e. The highest BCUT2D eigenvalue weighted by molar-refractivity contribution is 9.09. The number of hydrogen-bond acceptors (Lipinski definition) is 6. The van der Waals surface area contributed by atoms with Crippen LogP contribution in [0.3, 0.4) is 0 Å². The number of halogens is 1. The lowest BCUT2D eigenvalue weighted by atomic mass is 10.2. The Hall–Kier alpha value is -1.18. The normalized spacial score (nSPS) is 9.74. The van der Waals surface area contributed by atoms with Crippen molar-refractivity contribution in [3.63, 3.8) is 0 Å². The molecule has 0 aliphatic heterocycles. The van der Waals surface area contributed by atoms with E-state index in [1.165, 1.54) is 6.92 Å². The molecule has 23 heavy (non-hydrogen) atoms. The molecular formula is C16H17BrN2O2S2. The van der Waals surface area contributed by atoms with Crippen LogP contribution in [0.4, 0.5) is 0 Å². The van der Waals surface area contributed by atoms with Crippen molar-refractivity contribution < 1.29 is 9.59 Å². The molecule has 2 aromatic rings. The van der Waals surface area contributed by atoms with Gasteiger partial charge in [-0.15, -0.1) is 23.5 Å². The highest BCUT2D eigenvalue weighted by Crippen LogP contribution is 2.12. The Labute approximate surface area is 153 Å². The number of thioether (sulfide) groups is 2. The summed E-state index contributed by atoms with van der Waals surface area (Å²) < 4.78 is 0. The molecule has 0 aliphatic carbocycles. The SMILES string of the molecule is CSc1ccc(C(=O)CBr)cn1.CSc1ccc(C(C)=O)cn1. The lowest BCUT2D eigenvalue weighted by Crippen LogP contribution is -2.00. The van der Waals surface area contributed by atoms with Gasteiger partial charge in [-0.25, -0.2) is 9.97 Å². The van der Waals surface area contributed by atoms with Gasteiger partial charge in [0.2, 0.25) is 0 Å². The van der Waals surface area contributed by atoms with Crippen LogP contribution in [0, 0.1) is 0 Å². The van der Waals surface area contributed by atoms with Crippen molar-refractivity contribution in [1.29, 1.82) is 0 Å². The van der Waals surface area contributed by atoms with Crippen molar-refractivity contribution in [2.45, 2.75) is 17.0 Å². The van der Waals surface area contributed by atoms with Gasteiger partial charge in [0.15, 0.2) is 11.6 Å². The highest BCUT2D eigenvalue weighted by Gasteiger charge is 2.03. The van der Waals surface area contributed by atoms with Gasteiger partial charge < -0.3 is 0 Å². The molecule has 0 saturated heterocycles. The molecule has 2 aromatic heterocycles. The number of aromatic nitrogens is 2. The third kappa shape index (κ3) is 6.85. The predicted molar refractivity (Wildman–Crippen MR) is 100 cm³/mol. The summed E-state index contributed by atoms with van der Waals surface area (Å²) in [4.78, 5) is 30.1. The van der Waals surface area contributed by atoms with E-state index in [2.05, 4.69) is 25.9 Å². The first-order chi connectivity index (χ1) is 11.0. The number of hydrogen-bond donors (Lipinski definition) is 0. The number of rotatable bonds is 5. The van der Waals surface area contributed by atoms with Gasteiger partial charge in [0.1, 0.15) is 0 Å². The zero-order valence-corrected chi connectivity index (χ0v) is 16.3. The van der Waals surface area contributed by atoms with Crippen LogP contribution in [0.25, 0.3) is 0 Å². The largest absolute Gasteiger partial charge is 0.294 e. The summed E-state index contributed by atoms with van der Waals surface area (Å²) >= 11 is 6.23. The fraction of sp³-hybridized carbons (Fsp3) is 0.250. The minimum atomic E-state index is 0.0603. The third-order valence-corrected chi connectivity index (χ3v) is 4.57. The summed E-state index contributed by atoms with van der Waals surface area (Å²) in [6, 6.07) is 7.28. The van der Waals surface area contributed by atoms with E-state index in [9.17, 15) is 9.59 Å². The van der Waals surface area contributed by atoms with Crippen LogP contribution in [0.1, 0.15) is 27.6 Å². The lowest BCUT2D eigenvalue weighted by Gasteiger charge is -1.97. The summed E-state index contributed by atoms with van der Waals surface area (Å²) in [7, 11) is 0. The molecule has 0 aromatic carbocycles. The van der Waals surface area contributed by atoms with Gasteiger partial charge in [0, 0.05) is 23.5 Å². The molecule has 0 fully saturated rings. The molecule has 0 saturated carbocycles. The van der Waals surface area contributed by atoms with E-state index in [0.717, 1.165) is 10.1 Å². The van der Waals surface area contributed by atoms with Gasteiger partial charge in [0.25, 0.3) is 0 Å². The Balaban J connectivity index is 0.000000231. The molecule has 2 heterocycles. The fourth-order valence-corrected chi connectivity index (χ4v) is 2.50. The van der Waals surface area contributed by atoms with E-state index < -0.39 is 0 Å². The van der Waals surface area contributed by atoms with Crippen LogP contribution < -0.4 is 0 Å². The van der Waals surface area contributed by atoms with Gasteiger partial charge in [-0.3, -0.25) is 9.59 Å². The minimum absolute atomic E-state index is 0.0603. The molecule has 0 atom stereocenters. The van der Waals surface area contributed by atoms with Crippen LogP contribution in [0.2, 0.25) is 0 Å². The van der Waals surface area contributed by atoms with Crippen molar-refractivity contribution in [2.75, 3.05) is 17.8 Å². The van der Waals surface area contributed by atoms with E-state index in [0.29, 0.717) is 16.5 Å². The van der Waals surface area contributed by atoms with E-state index in [1.54, 1.807) is 48.1 Å². The summed E-state index contributed by atoms with van der Waals surface area (Å²) in [5.41, 5.74) is 1.33. The topological polar surface area (TPSA) is 59.9 Å². The monoisotopic (exact) mass is 412 g/mol. The van der Waals surface area contributed by atoms with Crippen LogP contribution >= 0.6 is 39.5 Å². The van der Waals surface area contributed by atoms with E-state index in [1.807, 2.05) is 24.6 Å². The van der Waals surface area contributed by atoms with Crippen molar-refractivity contribution >= 4 is 51.0 Å². The number of alkyl halides is 1.